The molecule has 0 atom stereocenters. The molecule has 32 heavy (non-hydrogen) atoms. The van der Waals surface area contributed by atoms with Gasteiger partial charge in [0.1, 0.15) is 11.8 Å². The second-order valence-corrected chi connectivity index (χ2v) is 7.72. The van der Waals surface area contributed by atoms with Gasteiger partial charge in [0.2, 0.25) is 0 Å². The summed E-state index contributed by atoms with van der Waals surface area (Å²) >= 11 is 0. The zero-order chi connectivity index (χ0) is 22.8. The van der Waals surface area contributed by atoms with Crippen LogP contribution in [0.2, 0.25) is 0 Å². The topological polar surface area (TPSA) is 73.9 Å². The van der Waals surface area contributed by atoms with Crippen LogP contribution in [0.4, 0.5) is 0 Å². The van der Waals surface area contributed by atoms with Crippen LogP contribution < -0.4 is 4.74 Å². The van der Waals surface area contributed by atoms with Crippen LogP contribution in [-0.4, -0.2) is 12.9 Å². The molecule has 160 valence electrons. The number of nitriles is 2. The summed E-state index contributed by atoms with van der Waals surface area (Å²) in [7, 11) is 0. The fourth-order valence-electron chi connectivity index (χ4n) is 3.80. The van der Waals surface area contributed by atoms with Crippen molar-refractivity contribution in [3.63, 3.8) is 0 Å². The van der Waals surface area contributed by atoms with Gasteiger partial charge in [-0.05, 0) is 72.6 Å². The highest BCUT2D eigenvalue weighted by Crippen LogP contribution is 2.28. The molecule has 3 aromatic carbocycles. The fourth-order valence-corrected chi connectivity index (χ4v) is 3.80. The molecule has 3 rings (SSSR count). The van der Waals surface area contributed by atoms with E-state index in [9.17, 15) is 10.1 Å². The standard InChI is InChI=1S/C28H26N2O2/c1-21-17-25(20-31)28(32-16-7-3-6-15-29)18-24(21)14-13-23-11-8-12-26(27(23)19-30)22-9-4-2-5-10-22/h2,4-5,8-12,17-18,20H,3,6-7,13-14,16H2,1H3. The maximum absolute atomic E-state index is 11.5. The summed E-state index contributed by atoms with van der Waals surface area (Å²) in [6.45, 7) is 2.47. The van der Waals surface area contributed by atoms with Gasteiger partial charge in [0.25, 0.3) is 0 Å². The Morgan fingerprint density at radius 2 is 1.72 bits per heavy atom. The van der Waals surface area contributed by atoms with E-state index in [1.165, 1.54) is 0 Å². The van der Waals surface area contributed by atoms with Crippen LogP contribution in [-0.2, 0) is 12.8 Å². The largest absolute Gasteiger partial charge is 0.493 e. The predicted octanol–water partition coefficient (Wildman–Crippen LogP) is 6.20. The fraction of sp³-hybridized carbons (Fsp3) is 0.250. The van der Waals surface area contributed by atoms with Crippen molar-refractivity contribution in [2.45, 2.75) is 39.0 Å². The van der Waals surface area contributed by atoms with Gasteiger partial charge < -0.3 is 4.74 Å². The molecule has 0 aromatic heterocycles. The Morgan fingerprint density at radius 3 is 2.44 bits per heavy atom. The third kappa shape index (κ3) is 5.62. The summed E-state index contributed by atoms with van der Waals surface area (Å²) in [6.07, 6.45) is 4.33. The third-order valence-electron chi connectivity index (χ3n) is 5.55. The number of aldehydes is 1. The van der Waals surface area contributed by atoms with Crippen LogP contribution in [0, 0.1) is 29.6 Å². The lowest BCUT2D eigenvalue weighted by Gasteiger charge is -2.14. The van der Waals surface area contributed by atoms with E-state index in [4.69, 9.17) is 10.00 Å². The molecular formula is C28H26N2O2. The summed E-state index contributed by atoms with van der Waals surface area (Å²) < 4.78 is 5.85. The third-order valence-corrected chi connectivity index (χ3v) is 5.55. The van der Waals surface area contributed by atoms with Gasteiger partial charge >= 0.3 is 0 Å². The minimum Gasteiger partial charge on any atom is -0.493 e. The van der Waals surface area contributed by atoms with E-state index in [0.717, 1.165) is 53.4 Å². The van der Waals surface area contributed by atoms with Crippen LogP contribution in [0.25, 0.3) is 11.1 Å². The molecule has 0 fully saturated rings. The van der Waals surface area contributed by atoms with Crippen molar-refractivity contribution >= 4 is 6.29 Å². The van der Waals surface area contributed by atoms with Crippen LogP contribution in [0.3, 0.4) is 0 Å². The number of benzene rings is 3. The second-order valence-electron chi connectivity index (χ2n) is 7.72. The van der Waals surface area contributed by atoms with Crippen molar-refractivity contribution in [3.05, 3.63) is 88.5 Å². The molecule has 0 aliphatic heterocycles. The lowest BCUT2D eigenvalue weighted by Crippen LogP contribution is -2.04. The molecule has 0 saturated carbocycles. The summed E-state index contributed by atoms with van der Waals surface area (Å²) in [5, 5.41) is 18.5. The molecule has 0 amide bonds. The summed E-state index contributed by atoms with van der Waals surface area (Å²) in [6, 6.07) is 24.3. The number of carbonyl (C=O) groups is 1. The highest BCUT2D eigenvalue weighted by Gasteiger charge is 2.12. The molecule has 0 N–H and O–H groups in total. The Kier molecular flexibility index (Phi) is 8.18. The Labute approximate surface area is 189 Å². The van der Waals surface area contributed by atoms with Gasteiger partial charge in [0, 0.05) is 6.42 Å². The summed E-state index contributed by atoms with van der Waals surface area (Å²) in [5.74, 6) is 0.580. The first-order valence-electron chi connectivity index (χ1n) is 10.8. The normalized spacial score (nSPS) is 10.2. The minimum absolute atomic E-state index is 0.475. The molecule has 0 spiro atoms. The number of nitrogens with zero attached hydrogens (tertiary/aromatic N) is 2. The van der Waals surface area contributed by atoms with Crippen molar-refractivity contribution in [3.8, 4) is 29.0 Å². The number of carbonyl (C=O) groups excluding carboxylic acids is 1. The number of unbranched alkanes of at least 4 members (excludes halogenated alkanes) is 2. The smallest absolute Gasteiger partial charge is 0.153 e. The SMILES string of the molecule is Cc1cc(C=O)c(OCCCCC#N)cc1CCc1cccc(-c2ccccc2)c1C#N. The number of hydrogen-bond acceptors (Lipinski definition) is 4. The van der Waals surface area contributed by atoms with E-state index < -0.39 is 0 Å². The quantitative estimate of drug-likeness (QED) is 0.288. The first-order valence-corrected chi connectivity index (χ1v) is 10.8. The molecule has 3 aromatic rings. The van der Waals surface area contributed by atoms with Crippen LogP contribution >= 0.6 is 0 Å². The Hall–Kier alpha value is -3.89. The first-order chi connectivity index (χ1) is 15.7. The molecule has 0 aliphatic rings. The molecule has 0 bridgehead atoms. The summed E-state index contributed by atoms with van der Waals surface area (Å²) in [4.78, 5) is 11.5. The van der Waals surface area contributed by atoms with E-state index in [-0.39, 0.29) is 0 Å². The molecular weight excluding hydrogens is 396 g/mol. The van der Waals surface area contributed by atoms with Crippen molar-refractivity contribution in [2.75, 3.05) is 6.61 Å². The van der Waals surface area contributed by atoms with Crippen molar-refractivity contribution in [2.24, 2.45) is 0 Å². The number of hydrogen-bond donors (Lipinski definition) is 0. The van der Waals surface area contributed by atoms with Crippen LogP contribution in [0.1, 0.15) is 51.9 Å². The van der Waals surface area contributed by atoms with Gasteiger partial charge in [-0.25, -0.2) is 0 Å². The van der Waals surface area contributed by atoms with E-state index in [1.54, 1.807) is 0 Å². The molecule has 0 radical (unpaired) electrons. The van der Waals surface area contributed by atoms with E-state index >= 15 is 0 Å². The zero-order valence-electron chi connectivity index (χ0n) is 18.3. The maximum atomic E-state index is 11.5. The van der Waals surface area contributed by atoms with Gasteiger partial charge in [-0.1, -0.05) is 48.5 Å². The molecule has 4 heteroatoms. The van der Waals surface area contributed by atoms with Crippen molar-refractivity contribution in [1.82, 2.24) is 0 Å². The monoisotopic (exact) mass is 422 g/mol. The highest BCUT2D eigenvalue weighted by molar-refractivity contribution is 5.80. The molecule has 0 aliphatic carbocycles. The van der Waals surface area contributed by atoms with Gasteiger partial charge in [-0.15, -0.1) is 0 Å². The van der Waals surface area contributed by atoms with Crippen LogP contribution in [0.15, 0.2) is 60.7 Å². The van der Waals surface area contributed by atoms with E-state index in [0.29, 0.717) is 36.3 Å². The minimum atomic E-state index is 0.475. The van der Waals surface area contributed by atoms with Crippen molar-refractivity contribution in [1.29, 1.82) is 10.5 Å². The number of rotatable bonds is 10. The average Bonchev–Trinajstić information content (AvgIpc) is 2.83. The van der Waals surface area contributed by atoms with Crippen molar-refractivity contribution < 1.29 is 9.53 Å². The molecule has 4 nitrogen and oxygen atoms in total. The second kappa shape index (κ2) is 11.5. The maximum Gasteiger partial charge on any atom is 0.153 e. The Balaban J connectivity index is 1.79. The zero-order valence-corrected chi connectivity index (χ0v) is 18.3. The van der Waals surface area contributed by atoms with Gasteiger partial charge in [-0.3, -0.25) is 4.79 Å². The lowest BCUT2D eigenvalue weighted by atomic mass is 9.92. The Morgan fingerprint density at radius 1 is 0.938 bits per heavy atom. The molecule has 0 heterocycles. The number of ether oxygens (including phenoxy) is 1. The van der Waals surface area contributed by atoms with Gasteiger partial charge in [-0.2, -0.15) is 10.5 Å². The molecule has 0 unspecified atom stereocenters. The van der Waals surface area contributed by atoms with E-state index in [2.05, 4.69) is 12.1 Å². The summed E-state index contributed by atoms with van der Waals surface area (Å²) in [5.41, 5.74) is 6.35. The Bertz CT molecular complexity index is 1150. The van der Waals surface area contributed by atoms with Gasteiger partial charge in [0.05, 0.1) is 23.8 Å². The average molecular weight is 423 g/mol. The van der Waals surface area contributed by atoms with E-state index in [1.807, 2.05) is 67.6 Å². The lowest BCUT2D eigenvalue weighted by molar-refractivity contribution is 0.111. The highest BCUT2D eigenvalue weighted by atomic mass is 16.5. The number of aryl methyl sites for hydroxylation is 3. The van der Waals surface area contributed by atoms with Crippen LogP contribution in [0.5, 0.6) is 5.75 Å². The van der Waals surface area contributed by atoms with Gasteiger partial charge in [0.15, 0.2) is 6.29 Å². The predicted molar refractivity (Wildman–Crippen MR) is 126 cm³/mol. The first kappa shape index (κ1) is 22.8. The molecule has 0 saturated heterocycles.